The first-order chi connectivity index (χ1) is 14.5. The van der Waals surface area contributed by atoms with Gasteiger partial charge in [-0.3, -0.25) is 4.79 Å². The van der Waals surface area contributed by atoms with E-state index in [1.165, 1.54) is 0 Å². The van der Waals surface area contributed by atoms with E-state index in [2.05, 4.69) is 6.92 Å². The fourth-order valence-corrected chi connectivity index (χ4v) is 3.75. The zero-order valence-electron chi connectivity index (χ0n) is 18.2. The van der Waals surface area contributed by atoms with Gasteiger partial charge in [0.05, 0.1) is 28.4 Å². The molecule has 0 aliphatic heterocycles. The normalized spacial score (nSPS) is 19.1. The Labute approximate surface area is 177 Å². The van der Waals surface area contributed by atoms with E-state index in [0.29, 0.717) is 28.9 Å². The van der Waals surface area contributed by atoms with Gasteiger partial charge in [0.25, 0.3) is 0 Å². The van der Waals surface area contributed by atoms with E-state index in [4.69, 9.17) is 18.9 Å². The van der Waals surface area contributed by atoms with Crippen molar-refractivity contribution in [1.82, 2.24) is 0 Å². The molecule has 1 aliphatic rings. The van der Waals surface area contributed by atoms with E-state index >= 15 is 0 Å². The van der Waals surface area contributed by atoms with E-state index in [9.17, 15) is 4.79 Å². The molecule has 0 radical (unpaired) electrons. The average Bonchev–Trinajstić information content (AvgIpc) is 2.76. The summed E-state index contributed by atoms with van der Waals surface area (Å²) in [5.74, 6) is 3.07. The summed E-state index contributed by atoms with van der Waals surface area (Å²) in [5, 5.41) is 0. The summed E-state index contributed by atoms with van der Waals surface area (Å²) in [7, 11) is 6.42. The smallest absolute Gasteiger partial charge is 0.185 e. The second-order valence-electron chi connectivity index (χ2n) is 7.41. The van der Waals surface area contributed by atoms with Crippen LogP contribution in [0.4, 0.5) is 0 Å². The Balaban J connectivity index is 1.93. The van der Waals surface area contributed by atoms with Gasteiger partial charge in [0.2, 0.25) is 0 Å². The number of benzene rings is 2. The summed E-state index contributed by atoms with van der Waals surface area (Å²) in [5.41, 5.74) is 3.42. The SMILES string of the molecule is COc1ccc(C=C2CC(C)CC(=Cc3ccc(OC)c(OC)c3)C2=O)cc1OC. The number of Topliss-reactive ketones (excluding diaryl/α,β-unsaturated/α-hetero) is 1. The van der Waals surface area contributed by atoms with Crippen molar-refractivity contribution in [2.75, 3.05) is 28.4 Å². The lowest BCUT2D eigenvalue weighted by Gasteiger charge is -2.23. The van der Waals surface area contributed by atoms with Gasteiger partial charge in [-0.15, -0.1) is 0 Å². The molecule has 0 spiro atoms. The highest BCUT2D eigenvalue weighted by Crippen LogP contribution is 2.35. The number of allylic oxidation sites excluding steroid dienone is 2. The summed E-state index contributed by atoms with van der Waals surface area (Å²) >= 11 is 0. The minimum Gasteiger partial charge on any atom is -0.493 e. The molecule has 1 aliphatic carbocycles. The lowest BCUT2D eigenvalue weighted by Crippen LogP contribution is -2.18. The van der Waals surface area contributed by atoms with Crippen molar-refractivity contribution in [1.29, 1.82) is 0 Å². The van der Waals surface area contributed by atoms with Gasteiger partial charge >= 0.3 is 0 Å². The Morgan fingerprint density at radius 1 is 0.700 bits per heavy atom. The molecule has 3 rings (SSSR count). The number of carbonyl (C=O) groups is 1. The van der Waals surface area contributed by atoms with E-state index in [1.807, 2.05) is 48.6 Å². The maximum absolute atomic E-state index is 13.2. The number of hydrogen-bond donors (Lipinski definition) is 0. The van der Waals surface area contributed by atoms with Crippen LogP contribution in [0.25, 0.3) is 12.2 Å². The Kier molecular flexibility index (Phi) is 6.83. The fraction of sp³-hybridized carbons (Fsp3) is 0.320. The second kappa shape index (κ2) is 9.53. The third-order valence-corrected chi connectivity index (χ3v) is 5.22. The molecule has 2 aromatic rings. The van der Waals surface area contributed by atoms with Crippen molar-refractivity contribution in [2.45, 2.75) is 19.8 Å². The molecule has 0 saturated heterocycles. The number of rotatable bonds is 6. The first kappa shape index (κ1) is 21.5. The van der Waals surface area contributed by atoms with E-state index in [0.717, 1.165) is 35.1 Å². The predicted octanol–water partition coefficient (Wildman–Crippen LogP) is 5.19. The van der Waals surface area contributed by atoms with Crippen LogP contribution in [0.1, 0.15) is 30.9 Å². The molecule has 1 fully saturated rings. The lowest BCUT2D eigenvalue weighted by molar-refractivity contribution is -0.113. The van der Waals surface area contributed by atoms with Gasteiger partial charge in [0, 0.05) is 11.1 Å². The van der Waals surface area contributed by atoms with Crippen LogP contribution in [-0.2, 0) is 4.79 Å². The summed E-state index contributed by atoms with van der Waals surface area (Å²) in [6.45, 7) is 2.16. The molecule has 30 heavy (non-hydrogen) atoms. The van der Waals surface area contributed by atoms with Crippen LogP contribution in [0.5, 0.6) is 23.0 Å². The van der Waals surface area contributed by atoms with Gasteiger partial charge in [-0.05, 0) is 66.3 Å². The summed E-state index contributed by atoms with van der Waals surface area (Å²) in [6.07, 6.45) is 5.39. The standard InChI is InChI=1S/C25H28O5/c1-16-10-19(12-17-6-8-21(27-2)23(14-17)29-4)25(26)20(11-16)13-18-7-9-22(28-3)24(15-18)30-5/h6-9,12-16H,10-11H2,1-5H3. The maximum atomic E-state index is 13.2. The number of ketones is 1. The Morgan fingerprint density at radius 2 is 1.10 bits per heavy atom. The second-order valence-corrected chi connectivity index (χ2v) is 7.41. The predicted molar refractivity (Wildman–Crippen MR) is 118 cm³/mol. The zero-order valence-corrected chi connectivity index (χ0v) is 18.2. The molecular formula is C25H28O5. The van der Waals surface area contributed by atoms with Crippen molar-refractivity contribution in [3.63, 3.8) is 0 Å². The lowest BCUT2D eigenvalue weighted by atomic mass is 9.81. The molecule has 0 aromatic heterocycles. The summed E-state index contributed by atoms with van der Waals surface area (Å²) in [6, 6.07) is 11.3. The number of methoxy groups -OCH3 is 4. The molecule has 0 unspecified atom stereocenters. The van der Waals surface area contributed by atoms with Crippen LogP contribution in [0.3, 0.4) is 0 Å². The van der Waals surface area contributed by atoms with Crippen LogP contribution >= 0.6 is 0 Å². The zero-order chi connectivity index (χ0) is 21.7. The quantitative estimate of drug-likeness (QED) is 0.616. The molecule has 2 aromatic carbocycles. The Hall–Kier alpha value is -3.21. The van der Waals surface area contributed by atoms with Crippen LogP contribution in [-0.4, -0.2) is 34.2 Å². The highest BCUT2D eigenvalue weighted by atomic mass is 16.5. The molecule has 5 nitrogen and oxygen atoms in total. The number of hydrogen-bond acceptors (Lipinski definition) is 5. The van der Waals surface area contributed by atoms with Crippen molar-refractivity contribution in [3.05, 3.63) is 58.7 Å². The third-order valence-electron chi connectivity index (χ3n) is 5.22. The highest BCUT2D eigenvalue weighted by Gasteiger charge is 2.25. The van der Waals surface area contributed by atoms with E-state index in [1.54, 1.807) is 28.4 Å². The van der Waals surface area contributed by atoms with Gasteiger partial charge in [-0.1, -0.05) is 19.1 Å². The molecule has 0 bridgehead atoms. The molecule has 5 heteroatoms. The van der Waals surface area contributed by atoms with Crippen LogP contribution in [0.15, 0.2) is 47.5 Å². The first-order valence-electron chi connectivity index (χ1n) is 9.89. The minimum atomic E-state index is 0.0812. The van der Waals surface area contributed by atoms with Crippen molar-refractivity contribution in [3.8, 4) is 23.0 Å². The highest BCUT2D eigenvalue weighted by molar-refractivity contribution is 6.14. The fourth-order valence-electron chi connectivity index (χ4n) is 3.75. The van der Waals surface area contributed by atoms with Crippen LogP contribution < -0.4 is 18.9 Å². The van der Waals surface area contributed by atoms with Crippen molar-refractivity contribution < 1.29 is 23.7 Å². The monoisotopic (exact) mass is 408 g/mol. The number of carbonyl (C=O) groups excluding carboxylic acids is 1. The van der Waals surface area contributed by atoms with Gasteiger partial charge in [0.15, 0.2) is 28.8 Å². The van der Waals surface area contributed by atoms with Crippen molar-refractivity contribution >= 4 is 17.9 Å². The summed E-state index contributed by atoms with van der Waals surface area (Å²) < 4.78 is 21.4. The number of ether oxygens (including phenoxy) is 4. The van der Waals surface area contributed by atoms with Crippen LogP contribution in [0.2, 0.25) is 0 Å². The minimum absolute atomic E-state index is 0.0812. The van der Waals surface area contributed by atoms with E-state index in [-0.39, 0.29) is 5.78 Å². The van der Waals surface area contributed by atoms with Crippen molar-refractivity contribution in [2.24, 2.45) is 5.92 Å². The topological polar surface area (TPSA) is 54.0 Å². The van der Waals surface area contributed by atoms with Gasteiger partial charge in [-0.25, -0.2) is 0 Å². The van der Waals surface area contributed by atoms with Crippen LogP contribution in [0, 0.1) is 5.92 Å². The summed E-state index contributed by atoms with van der Waals surface area (Å²) in [4.78, 5) is 13.2. The Morgan fingerprint density at radius 3 is 1.47 bits per heavy atom. The van der Waals surface area contributed by atoms with E-state index < -0.39 is 0 Å². The third kappa shape index (κ3) is 4.67. The van der Waals surface area contributed by atoms with Gasteiger partial charge in [0.1, 0.15) is 0 Å². The van der Waals surface area contributed by atoms with Gasteiger partial charge in [-0.2, -0.15) is 0 Å². The average molecular weight is 408 g/mol. The first-order valence-corrected chi connectivity index (χ1v) is 9.89. The molecule has 1 saturated carbocycles. The van der Waals surface area contributed by atoms with Gasteiger partial charge < -0.3 is 18.9 Å². The largest absolute Gasteiger partial charge is 0.493 e. The molecule has 0 N–H and O–H groups in total. The molecule has 0 amide bonds. The maximum Gasteiger partial charge on any atom is 0.185 e. The Bertz CT molecular complexity index is 910. The molecule has 0 heterocycles. The molecule has 0 atom stereocenters. The molecular weight excluding hydrogens is 380 g/mol. The molecule has 158 valence electrons.